The van der Waals surface area contributed by atoms with E-state index in [2.05, 4.69) is 0 Å². The molecule has 0 atom stereocenters. The van der Waals surface area contributed by atoms with E-state index in [1.807, 2.05) is 0 Å². The predicted molar refractivity (Wildman–Crippen MR) is 78.2 cm³/mol. The Morgan fingerprint density at radius 3 is 2.25 bits per heavy atom. The minimum absolute atomic E-state index is 0.158. The van der Waals surface area contributed by atoms with Crippen LogP contribution < -0.4 is 9.46 Å². The van der Waals surface area contributed by atoms with Gasteiger partial charge >= 0.3 is 15.5 Å². The Morgan fingerprint density at radius 1 is 1.08 bits per heavy atom. The molecule has 0 fully saturated rings. The van der Waals surface area contributed by atoms with E-state index >= 15 is 0 Å². The largest absolute Gasteiger partial charge is 0.516 e. The molecule has 0 aliphatic rings. The molecular weight excluding hydrogens is 353 g/mol. The van der Waals surface area contributed by atoms with Gasteiger partial charge in [0.15, 0.2) is 5.75 Å². The molecule has 2 rings (SSSR count). The highest BCUT2D eigenvalue weighted by Crippen LogP contribution is 2.35. The van der Waals surface area contributed by atoms with Crippen molar-refractivity contribution in [1.82, 2.24) is 0 Å². The fraction of sp³-hybridized carbons (Fsp3) is 0.0769. The number of para-hydroxylation sites is 1. The van der Waals surface area contributed by atoms with E-state index in [0.717, 1.165) is 18.2 Å². The number of nitro benzene ring substituents is 1. The van der Waals surface area contributed by atoms with Gasteiger partial charge in [-0.2, -0.15) is 21.6 Å². The lowest BCUT2D eigenvalue weighted by Gasteiger charge is -2.14. The Hall–Kier alpha value is -2.82. The van der Waals surface area contributed by atoms with E-state index < -0.39 is 37.6 Å². The monoisotopic (exact) mass is 362 g/mol. The molecule has 0 unspecified atom stereocenters. The van der Waals surface area contributed by atoms with E-state index in [0.29, 0.717) is 0 Å². The van der Waals surface area contributed by atoms with Gasteiger partial charge in [0.2, 0.25) is 0 Å². The average molecular weight is 362 g/mol. The first-order chi connectivity index (χ1) is 11.1. The van der Waals surface area contributed by atoms with E-state index in [1.165, 1.54) is 16.9 Å². The number of benzene rings is 2. The molecular formula is C13H9F3N2O5S. The second-order valence-corrected chi connectivity index (χ2v) is 6.08. The summed E-state index contributed by atoms with van der Waals surface area (Å²) in [4.78, 5) is 10.0. The molecule has 2 aromatic rings. The average Bonchev–Trinajstić information content (AvgIpc) is 2.48. The number of nitrogens with one attached hydrogen (secondary N) is 1. The molecule has 0 radical (unpaired) electrons. The predicted octanol–water partition coefficient (Wildman–Crippen LogP) is 3.65. The van der Waals surface area contributed by atoms with Crippen molar-refractivity contribution < 1.29 is 31.2 Å². The topological polar surface area (TPSA) is 98.5 Å². The first kappa shape index (κ1) is 17.5. The number of halogens is 3. The van der Waals surface area contributed by atoms with Gasteiger partial charge in [0, 0.05) is 6.07 Å². The minimum atomic E-state index is -5.70. The lowest BCUT2D eigenvalue weighted by molar-refractivity contribution is -0.384. The van der Waals surface area contributed by atoms with Crippen molar-refractivity contribution in [2.45, 2.75) is 5.51 Å². The second-order valence-electron chi connectivity index (χ2n) is 4.40. The van der Waals surface area contributed by atoms with Gasteiger partial charge in [-0.05, 0) is 18.2 Å². The standard InChI is InChI=1S/C13H9F3N2O5S/c14-13(15,16)24(21,22)17-11-7-6-9(18(19)20)8-12(11)23-10-4-2-1-3-5-10/h1-8,17H. The quantitative estimate of drug-likeness (QED) is 0.647. The number of rotatable bonds is 5. The van der Waals surface area contributed by atoms with Gasteiger partial charge in [-0.25, -0.2) is 0 Å². The number of nitrogens with zero attached hydrogens (tertiary/aromatic N) is 1. The van der Waals surface area contributed by atoms with E-state index in [1.54, 1.807) is 18.2 Å². The number of anilines is 1. The zero-order valence-corrected chi connectivity index (χ0v) is 12.5. The van der Waals surface area contributed by atoms with Crippen LogP contribution in [0.2, 0.25) is 0 Å². The number of non-ortho nitro benzene ring substituents is 1. The van der Waals surface area contributed by atoms with Crippen molar-refractivity contribution in [2.75, 3.05) is 4.72 Å². The molecule has 0 aliphatic carbocycles. The van der Waals surface area contributed by atoms with Crippen LogP contribution in [0.25, 0.3) is 0 Å². The summed E-state index contributed by atoms with van der Waals surface area (Å²) in [5.74, 6) is -0.284. The summed E-state index contributed by atoms with van der Waals surface area (Å²) in [5.41, 5.74) is -6.60. The van der Waals surface area contributed by atoms with E-state index in [9.17, 15) is 31.7 Å². The fourth-order valence-electron chi connectivity index (χ4n) is 1.61. The van der Waals surface area contributed by atoms with E-state index in [4.69, 9.17) is 4.74 Å². The Labute approximate surface area is 133 Å². The van der Waals surface area contributed by atoms with Gasteiger partial charge in [0.1, 0.15) is 5.75 Å². The van der Waals surface area contributed by atoms with Gasteiger partial charge in [0.05, 0.1) is 16.7 Å². The SMILES string of the molecule is O=[N+]([O-])c1ccc(NS(=O)(=O)C(F)(F)F)c(Oc2ccccc2)c1. The molecule has 1 N–H and O–H groups in total. The van der Waals surface area contributed by atoms with Crippen molar-refractivity contribution in [2.24, 2.45) is 0 Å². The smallest absolute Gasteiger partial charge is 0.455 e. The van der Waals surface area contributed by atoms with Gasteiger partial charge in [-0.1, -0.05) is 18.2 Å². The lowest BCUT2D eigenvalue weighted by Crippen LogP contribution is -2.30. The zero-order valence-electron chi connectivity index (χ0n) is 11.6. The van der Waals surface area contributed by atoms with Crippen molar-refractivity contribution in [1.29, 1.82) is 0 Å². The van der Waals surface area contributed by atoms with Crippen LogP contribution in [0.1, 0.15) is 0 Å². The van der Waals surface area contributed by atoms with Crippen LogP contribution in [0.15, 0.2) is 48.5 Å². The lowest BCUT2D eigenvalue weighted by atomic mass is 10.2. The summed E-state index contributed by atoms with van der Waals surface area (Å²) < 4.78 is 66.5. The van der Waals surface area contributed by atoms with Gasteiger partial charge in [-0.15, -0.1) is 0 Å². The Balaban J connectivity index is 2.45. The fourth-order valence-corrected chi connectivity index (χ4v) is 2.19. The van der Waals surface area contributed by atoms with Crippen LogP contribution in [0.4, 0.5) is 24.5 Å². The molecule has 0 amide bonds. The maximum Gasteiger partial charge on any atom is 0.516 e. The third kappa shape index (κ3) is 3.93. The molecule has 0 saturated heterocycles. The molecule has 11 heteroatoms. The zero-order chi connectivity index (χ0) is 18.0. The normalized spacial score (nSPS) is 11.8. The van der Waals surface area contributed by atoms with Crippen LogP contribution in [0, 0.1) is 10.1 Å². The Kier molecular flexibility index (Phi) is 4.64. The Morgan fingerprint density at radius 2 is 1.71 bits per heavy atom. The molecule has 0 aliphatic heterocycles. The number of sulfonamides is 1. The molecule has 0 spiro atoms. The number of nitro groups is 1. The molecule has 24 heavy (non-hydrogen) atoms. The highest BCUT2D eigenvalue weighted by Gasteiger charge is 2.46. The molecule has 0 heterocycles. The maximum absolute atomic E-state index is 12.5. The minimum Gasteiger partial charge on any atom is -0.455 e. The second kappa shape index (κ2) is 6.35. The maximum atomic E-state index is 12.5. The molecule has 0 bridgehead atoms. The number of alkyl halides is 3. The van der Waals surface area contributed by atoms with Crippen molar-refractivity contribution >= 4 is 21.4 Å². The summed E-state index contributed by atoms with van der Waals surface area (Å²) in [7, 11) is -5.70. The first-order valence-electron chi connectivity index (χ1n) is 6.20. The van der Waals surface area contributed by atoms with Crippen molar-refractivity contribution in [3.05, 3.63) is 58.6 Å². The van der Waals surface area contributed by atoms with Crippen LogP contribution in [0.3, 0.4) is 0 Å². The van der Waals surface area contributed by atoms with Crippen LogP contribution in [-0.2, 0) is 10.0 Å². The number of hydrogen-bond acceptors (Lipinski definition) is 5. The van der Waals surface area contributed by atoms with Crippen LogP contribution >= 0.6 is 0 Å². The van der Waals surface area contributed by atoms with Crippen LogP contribution in [-0.4, -0.2) is 18.8 Å². The summed E-state index contributed by atoms with van der Waals surface area (Å²) in [5, 5.41) is 10.8. The molecule has 128 valence electrons. The summed E-state index contributed by atoms with van der Waals surface area (Å²) >= 11 is 0. The van der Waals surface area contributed by atoms with Crippen molar-refractivity contribution in [3.8, 4) is 11.5 Å². The van der Waals surface area contributed by atoms with Crippen molar-refractivity contribution in [3.63, 3.8) is 0 Å². The summed E-state index contributed by atoms with van der Waals surface area (Å²) in [6.07, 6.45) is 0. The third-order valence-electron chi connectivity index (χ3n) is 2.70. The molecule has 2 aromatic carbocycles. The third-order valence-corrected chi connectivity index (χ3v) is 3.79. The summed E-state index contributed by atoms with van der Waals surface area (Å²) in [6, 6.07) is 10.2. The van der Waals surface area contributed by atoms with Crippen LogP contribution in [0.5, 0.6) is 11.5 Å². The number of hydrogen-bond donors (Lipinski definition) is 1. The van der Waals surface area contributed by atoms with E-state index in [-0.39, 0.29) is 5.75 Å². The highest BCUT2D eigenvalue weighted by molar-refractivity contribution is 7.93. The molecule has 0 saturated carbocycles. The summed E-state index contributed by atoms with van der Waals surface area (Å²) in [6.45, 7) is 0. The van der Waals surface area contributed by atoms with Gasteiger partial charge < -0.3 is 4.74 Å². The Bertz CT molecular complexity index is 854. The first-order valence-corrected chi connectivity index (χ1v) is 7.69. The molecule has 0 aromatic heterocycles. The highest BCUT2D eigenvalue weighted by atomic mass is 32.2. The van der Waals surface area contributed by atoms with Gasteiger partial charge in [0.25, 0.3) is 5.69 Å². The van der Waals surface area contributed by atoms with Gasteiger partial charge in [-0.3, -0.25) is 14.8 Å². The number of ether oxygens (including phenoxy) is 1. The molecule has 7 nitrogen and oxygen atoms in total.